The third kappa shape index (κ3) is 11.9. The van der Waals surface area contributed by atoms with Crippen LogP contribution in [-0.4, -0.2) is 60.3 Å². The Morgan fingerprint density at radius 3 is 2.05 bits per heavy atom. The first kappa shape index (κ1) is 22.4. The van der Waals surface area contributed by atoms with Crippen molar-refractivity contribution in [3.05, 3.63) is 6.92 Å². The lowest BCUT2D eigenvalue weighted by atomic mass is 10.5. The fourth-order valence-corrected chi connectivity index (χ4v) is 4.85. The molecule has 1 fully saturated rings. The van der Waals surface area contributed by atoms with Crippen molar-refractivity contribution in [3.8, 4) is 0 Å². The second-order valence-electron chi connectivity index (χ2n) is 4.69. The lowest BCUT2D eigenvalue weighted by molar-refractivity contribution is 0.0712. The summed E-state index contributed by atoms with van der Waals surface area (Å²) in [6.07, 6.45) is 2.24. The summed E-state index contributed by atoms with van der Waals surface area (Å²) in [5.74, 6) is 0.849. The van der Waals surface area contributed by atoms with Crippen LogP contribution in [0.2, 0.25) is 6.04 Å². The molecule has 7 heteroatoms. The molecule has 1 aliphatic rings. The van der Waals surface area contributed by atoms with Crippen molar-refractivity contribution in [1.82, 2.24) is 0 Å². The first-order valence-corrected chi connectivity index (χ1v) is 10.8. The van der Waals surface area contributed by atoms with E-state index in [9.17, 15) is 0 Å². The van der Waals surface area contributed by atoms with Gasteiger partial charge in [-0.2, -0.15) is 12.6 Å². The van der Waals surface area contributed by atoms with Gasteiger partial charge in [0, 0.05) is 32.5 Å². The zero-order valence-corrected chi connectivity index (χ0v) is 16.2. The minimum atomic E-state index is -2.37. The maximum absolute atomic E-state index is 5.67. The van der Waals surface area contributed by atoms with Crippen molar-refractivity contribution in [2.75, 3.05) is 45.4 Å². The molecule has 0 aliphatic carbocycles. The SMILES string of the molecule is CCO[Si](CCCS)(OCC)OCC.[CH2]CCOCC1CO1. The zero-order chi connectivity index (χ0) is 16.7. The molecule has 0 N–H and O–H groups in total. The molecule has 1 heterocycles. The molecule has 0 aromatic heterocycles. The molecule has 5 nitrogen and oxygen atoms in total. The lowest BCUT2D eigenvalue weighted by Crippen LogP contribution is -2.46. The van der Waals surface area contributed by atoms with E-state index in [-0.39, 0.29) is 0 Å². The van der Waals surface area contributed by atoms with Gasteiger partial charge >= 0.3 is 8.80 Å². The van der Waals surface area contributed by atoms with Gasteiger partial charge in [-0.1, -0.05) is 6.92 Å². The maximum Gasteiger partial charge on any atom is 0.500 e. The van der Waals surface area contributed by atoms with Gasteiger partial charge in [-0.3, -0.25) is 0 Å². The van der Waals surface area contributed by atoms with E-state index in [1.807, 2.05) is 20.8 Å². The summed E-state index contributed by atoms with van der Waals surface area (Å²) in [5.41, 5.74) is 0. The van der Waals surface area contributed by atoms with E-state index >= 15 is 0 Å². The Balaban J connectivity index is 0.000000461. The molecule has 1 rings (SSSR count). The quantitative estimate of drug-likeness (QED) is 0.239. The van der Waals surface area contributed by atoms with E-state index in [4.69, 9.17) is 22.8 Å². The molecule has 1 radical (unpaired) electrons. The van der Waals surface area contributed by atoms with Gasteiger partial charge < -0.3 is 22.8 Å². The van der Waals surface area contributed by atoms with E-state index in [0.29, 0.717) is 25.9 Å². The monoisotopic (exact) mass is 353 g/mol. The summed E-state index contributed by atoms with van der Waals surface area (Å²) >= 11 is 4.19. The van der Waals surface area contributed by atoms with Crippen LogP contribution in [0.25, 0.3) is 0 Å². The van der Waals surface area contributed by atoms with E-state index in [2.05, 4.69) is 19.6 Å². The fourth-order valence-electron chi connectivity index (χ4n) is 1.78. The third-order valence-corrected chi connectivity index (χ3v) is 6.20. The molecule has 1 aliphatic heterocycles. The molecule has 1 unspecified atom stereocenters. The molecule has 1 saturated heterocycles. The molecule has 0 saturated carbocycles. The molecular weight excluding hydrogens is 320 g/mol. The minimum Gasteiger partial charge on any atom is -0.379 e. The van der Waals surface area contributed by atoms with Crippen LogP contribution in [0.15, 0.2) is 0 Å². The zero-order valence-electron chi connectivity index (χ0n) is 14.3. The highest BCUT2D eigenvalue weighted by atomic mass is 32.1. The predicted molar refractivity (Wildman–Crippen MR) is 94.4 cm³/mol. The first-order valence-electron chi connectivity index (χ1n) is 8.19. The Hall–Kier alpha value is 0.367. The Labute approximate surface area is 142 Å². The second-order valence-corrected chi connectivity index (χ2v) is 7.87. The number of hydrogen-bond donors (Lipinski definition) is 1. The van der Waals surface area contributed by atoms with Crippen molar-refractivity contribution >= 4 is 21.4 Å². The van der Waals surface area contributed by atoms with E-state index in [0.717, 1.165) is 44.5 Å². The van der Waals surface area contributed by atoms with Crippen LogP contribution in [0.5, 0.6) is 0 Å². The molecule has 0 amide bonds. The van der Waals surface area contributed by atoms with Crippen LogP contribution >= 0.6 is 12.6 Å². The molecule has 0 spiro atoms. The number of epoxide rings is 1. The van der Waals surface area contributed by atoms with Gasteiger partial charge in [0.2, 0.25) is 0 Å². The molecule has 133 valence electrons. The number of thiol groups is 1. The largest absolute Gasteiger partial charge is 0.500 e. The van der Waals surface area contributed by atoms with Gasteiger partial charge in [-0.15, -0.1) is 0 Å². The van der Waals surface area contributed by atoms with Gasteiger partial charge in [0.1, 0.15) is 6.10 Å². The summed E-state index contributed by atoms with van der Waals surface area (Å²) in [7, 11) is -2.37. The van der Waals surface area contributed by atoms with Gasteiger partial charge in [0.15, 0.2) is 0 Å². The standard InChI is InChI=1S/C9H22O3SSi.C6H11O2/c1-4-10-14(11-5-2,12-6-3)9-7-8-13;1-2-3-7-4-6-5-8-6/h13H,4-9H2,1-3H3;6H,1-5H2. The van der Waals surface area contributed by atoms with Crippen LogP contribution < -0.4 is 0 Å². The Kier molecular flexibility index (Phi) is 15.2. The molecule has 22 heavy (non-hydrogen) atoms. The average Bonchev–Trinajstić information content (AvgIpc) is 3.31. The van der Waals surface area contributed by atoms with Gasteiger partial charge in [-0.05, 0) is 39.4 Å². The van der Waals surface area contributed by atoms with Crippen molar-refractivity contribution < 1.29 is 22.8 Å². The van der Waals surface area contributed by atoms with E-state index in [1.165, 1.54) is 0 Å². The molecule has 0 aromatic carbocycles. The van der Waals surface area contributed by atoms with E-state index < -0.39 is 8.80 Å². The van der Waals surface area contributed by atoms with Crippen LogP contribution in [0, 0.1) is 6.92 Å². The Morgan fingerprint density at radius 2 is 1.68 bits per heavy atom. The number of rotatable bonds is 13. The second kappa shape index (κ2) is 14.9. The Morgan fingerprint density at radius 1 is 1.14 bits per heavy atom. The fraction of sp³-hybridized carbons (Fsp3) is 0.933. The highest BCUT2D eigenvalue weighted by molar-refractivity contribution is 7.80. The topological polar surface area (TPSA) is 49.5 Å². The highest BCUT2D eigenvalue weighted by Gasteiger charge is 2.39. The molecule has 1 atom stereocenters. The average molecular weight is 354 g/mol. The van der Waals surface area contributed by atoms with Crippen molar-refractivity contribution in [2.45, 2.75) is 45.8 Å². The van der Waals surface area contributed by atoms with Crippen LogP contribution in [0.3, 0.4) is 0 Å². The Bertz CT molecular complexity index is 225. The number of hydrogen-bond acceptors (Lipinski definition) is 6. The summed E-state index contributed by atoms with van der Waals surface area (Å²) < 4.78 is 27.0. The highest BCUT2D eigenvalue weighted by Crippen LogP contribution is 2.18. The molecule has 0 aromatic rings. The first-order chi connectivity index (χ1) is 10.7. The van der Waals surface area contributed by atoms with Gasteiger partial charge in [0.05, 0.1) is 13.2 Å². The predicted octanol–water partition coefficient (Wildman–Crippen LogP) is 2.98. The van der Waals surface area contributed by atoms with Gasteiger partial charge in [0.25, 0.3) is 0 Å². The van der Waals surface area contributed by atoms with Crippen molar-refractivity contribution in [3.63, 3.8) is 0 Å². The van der Waals surface area contributed by atoms with Crippen LogP contribution in [0.4, 0.5) is 0 Å². The normalized spacial score (nSPS) is 17.0. The van der Waals surface area contributed by atoms with Crippen molar-refractivity contribution in [1.29, 1.82) is 0 Å². The summed E-state index contributed by atoms with van der Waals surface area (Å²) in [5, 5.41) is 0. The van der Waals surface area contributed by atoms with Crippen LogP contribution in [0.1, 0.15) is 33.6 Å². The molecule has 0 bridgehead atoms. The lowest BCUT2D eigenvalue weighted by Gasteiger charge is -2.28. The van der Waals surface area contributed by atoms with Crippen molar-refractivity contribution in [2.24, 2.45) is 0 Å². The summed E-state index contributed by atoms with van der Waals surface area (Å²) in [6, 6.07) is 0.867. The van der Waals surface area contributed by atoms with Gasteiger partial charge in [-0.25, -0.2) is 0 Å². The smallest absolute Gasteiger partial charge is 0.379 e. The summed E-state index contributed by atoms with van der Waals surface area (Å²) in [4.78, 5) is 0. The van der Waals surface area contributed by atoms with E-state index in [1.54, 1.807) is 0 Å². The molecular formula is C15H33O5SSi. The maximum atomic E-state index is 5.67. The number of ether oxygens (including phenoxy) is 2. The minimum absolute atomic E-state index is 0.404. The summed E-state index contributed by atoms with van der Waals surface area (Å²) in [6.45, 7) is 13.9. The third-order valence-electron chi connectivity index (χ3n) is 2.73. The van der Waals surface area contributed by atoms with Crippen LogP contribution in [-0.2, 0) is 22.8 Å².